The SMILES string of the molecule is Cc1ccoc1CNC1(C)CCC1. The summed E-state index contributed by atoms with van der Waals surface area (Å²) in [6.07, 6.45) is 5.72. The molecule has 2 rings (SSSR count). The maximum Gasteiger partial charge on any atom is 0.120 e. The van der Waals surface area contributed by atoms with E-state index in [0.717, 1.165) is 12.3 Å². The lowest BCUT2D eigenvalue weighted by Crippen LogP contribution is -2.47. The van der Waals surface area contributed by atoms with Gasteiger partial charge < -0.3 is 9.73 Å². The summed E-state index contributed by atoms with van der Waals surface area (Å²) in [6, 6.07) is 2.01. The van der Waals surface area contributed by atoms with E-state index in [0.29, 0.717) is 5.54 Å². The van der Waals surface area contributed by atoms with E-state index in [1.165, 1.54) is 24.8 Å². The van der Waals surface area contributed by atoms with Gasteiger partial charge in [-0.25, -0.2) is 0 Å². The van der Waals surface area contributed by atoms with Crippen LogP contribution in [0.2, 0.25) is 0 Å². The molecule has 0 bridgehead atoms. The molecule has 1 heterocycles. The third-order valence-corrected chi connectivity index (χ3v) is 3.10. The molecule has 0 spiro atoms. The fourth-order valence-corrected chi connectivity index (χ4v) is 1.76. The van der Waals surface area contributed by atoms with E-state index < -0.39 is 0 Å². The first-order valence-electron chi connectivity index (χ1n) is 4.98. The lowest BCUT2D eigenvalue weighted by molar-refractivity contribution is 0.201. The van der Waals surface area contributed by atoms with Gasteiger partial charge in [-0.3, -0.25) is 0 Å². The van der Waals surface area contributed by atoms with E-state index in [2.05, 4.69) is 19.2 Å². The first-order valence-corrected chi connectivity index (χ1v) is 4.98. The molecule has 0 aliphatic heterocycles. The van der Waals surface area contributed by atoms with Crippen molar-refractivity contribution in [3.05, 3.63) is 23.7 Å². The fourth-order valence-electron chi connectivity index (χ4n) is 1.76. The fraction of sp³-hybridized carbons (Fsp3) is 0.636. The highest BCUT2D eigenvalue weighted by Crippen LogP contribution is 2.31. The summed E-state index contributed by atoms with van der Waals surface area (Å²) in [5, 5.41) is 3.54. The van der Waals surface area contributed by atoms with Gasteiger partial charge in [-0.05, 0) is 44.7 Å². The highest BCUT2D eigenvalue weighted by molar-refractivity contribution is 5.14. The van der Waals surface area contributed by atoms with Crippen molar-refractivity contribution in [2.24, 2.45) is 0 Å². The monoisotopic (exact) mass is 179 g/mol. The molecule has 2 heteroatoms. The van der Waals surface area contributed by atoms with Crippen LogP contribution in [0, 0.1) is 6.92 Å². The molecular weight excluding hydrogens is 162 g/mol. The standard InChI is InChI=1S/C11H17NO/c1-9-4-7-13-10(9)8-12-11(2)5-3-6-11/h4,7,12H,3,5-6,8H2,1-2H3. The molecule has 1 fully saturated rings. The maximum absolute atomic E-state index is 5.37. The second-order valence-corrected chi connectivity index (χ2v) is 4.29. The molecule has 0 radical (unpaired) electrons. The summed E-state index contributed by atoms with van der Waals surface area (Å²) in [7, 11) is 0. The average molecular weight is 179 g/mol. The molecular formula is C11H17NO. The quantitative estimate of drug-likeness (QED) is 0.771. The van der Waals surface area contributed by atoms with Crippen LogP contribution in [0.25, 0.3) is 0 Å². The van der Waals surface area contributed by atoms with Crippen LogP contribution >= 0.6 is 0 Å². The lowest BCUT2D eigenvalue weighted by atomic mass is 9.78. The van der Waals surface area contributed by atoms with Gasteiger partial charge in [-0.2, -0.15) is 0 Å². The van der Waals surface area contributed by atoms with Gasteiger partial charge >= 0.3 is 0 Å². The second-order valence-electron chi connectivity index (χ2n) is 4.29. The van der Waals surface area contributed by atoms with Crippen molar-refractivity contribution in [1.29, 1.82) is 0 Å². The average Bonchev–Trinajstić information content (AvgIpc) is 2.44. The van der Waals surface area contributed by atoms with E-state index in [9.17, 15) is 0 Å². The van der Waals surface area contributed by atoms with Gasteiger partial charge in [0.05, 0.1) is 12.8 Å². The molecule has 1 aromatic rings. The molecule has 1 saturated carbocycles. The van der Waals surface area contributed by atoms with E-state index >= 15 is 0 Å². The van der Waals surface area contributed by atoms with Crippen LogP contribution in [0.4, 0.5) is 0 Å². The largest absolute Gasteiger partial charge is 0.468 e. The van der Waals surface area contributed by atoms with Gasteiger partial charge in [0.2, 0.25) is 0 Å². The highest BCUT2D eigenvalue weighted by atomic mass is 16.3. The van der Waals surface area contributed by atoms with Crippen LogP contribution < -0.4 is 5.32 Å². The molecule has 1 aliphatic rings. The summed E-state index contributed by atoms with van der Waals surface area (Å²) >= 11 is 0. The van der Waals surface area contributed by atoms with Crippen LogP contribution in [0.1, 0.15) is 37.5 Å². The van der Waals surface area contributed by atoms with E-state index in [-0.39, 0.29) is 0 Å². The summed E-state index contributed by atoms with van der Waals surface area (Å²) in [6.45, 7) is 5.24. The topological polar surface area (TPSA) is 25.2 Å². The molecule has 0 amide bonds. The van der Waals surface area contributed by atoms with E-state index in [4.69, 9.17) is 4.42 Å². The molecule has 1 N–H and O–H groups in total. The second kappa shape index (κ2) is 3.18. The Balaban J connectivity index is 1.89. The first-order chi connectivity index (χ1) is 6.20. The van der Waals surface area contributed by atoms with Gasteiger partial charge in [0, 0.05) is 5.54 Å². The molecule has 0 aromatic carbocycles. The molecule has 1 aromatic heterocycles. The van der Waals surface area contributed by atoms with Crippen LogP contribution in [0.3, 0.4) is 0 Å². The van der Waals surface area contributed by atoms with Crippen LogP contribution in [0.15, 0.2) is 16.7 Å². The molecule has 72 valence electrons. The third-order valence-electron chi connectivity index (χ3n) is 3.10. The smallest absolute Gasteiger partial charge is 0.120 e. The number of hydrogen-bond donors (Lipinski definition) is 1. The number of rotatable bonds is 3. The van der Waals surface area contributed by atoms with Gasteiger partial charge in [0.25, 0.3) is 0 Å². The molecule has 0 unspecified atom stereocenters. The Morgan fingerprint density at radius 3 is 2.77 bits per heavy atom. The number of aryl methyl sites for hydroxylation is 1. The van der Waals surface area contributed by atoms with Crippen molar-refractivity contribution in [2.75, 3.05) is 0 Å². The Hall–Kier alpha value is -0.760. The molecule has 0 saturated heterocycles. The predicted molar refractivity (Wildman–Crippen MR) is 52.5 cm³/mol. The Morgan fingerprint density at radius 1 is 1.54 bits per heavy atom. The van der Waals surface area contributed by atoms with Crippen molar-refractivity contribution in [2.45, 2.75) is 45.2 Å². The van der Waals surface area contributed by atoms with Crippen molar-refractivity contribution in [3.63, 3.8) is 0 Å². The summed E-state index contributed by atoms with van der Waals surface area (Å²) in [5.41, 5.74) is 1.62. The minimum atomic E-state index is 0.374. The lowest BCUT2D eigenvalue weighted by Gasteiger charge is -2.39. The Morgan fingerprint density at radius 2 is 2.31 bits per heavy atom. The number of hydrogen-bond acceptors (Lipinski definition) is 2. The van der Waals surface area contributed by atoms with E-state index in [1.54, 1.807) is 6.26 Å². The van der Waals surface area contributed by atoms with Crippen LogP contribution in [-0.2, 0) is 6.54 Å². The number of nitrogens with one attached hydrogen (secondary N) is 1. The minimum Gasteiger partial charge on any atom is -0.468 e. The summed E-state index contributed by atoms with van der Waals surface area (Å²) in [5.74, 6) is 1.08. The molecule has 13 heavy (non-hydrogen) atoms. The number of furan rings is 1. The Labute approximate surface area is 79.3 Å². The molecule has 1 aliphatic carbocycles. The van der Waals surface area contributed by atoms with Gasteiger partial charge in [0.15, 0.2) is 0 Å². The van der Waals surface area contributed by atoms with Gasteiger partial charge in [-0.1, -0.05) is 0 Å². The van der Waals surface area contributed by atoms with Crippen molar-refractivity contribution >= 4 is 0 Å². The predicted octanol–water partition coefficient (Wildman–Crippen LogP) is 2.62. The third kappa shape index (κ3) is 1.78. The minimum absolute atomic E-state index is 0.374. The zero-order chi connectivity index (χ0) is 9.31. The van der Waals surface area contributed by atoms with Crippen molar-refractivity contribution < 1.29 is 4.42 Å². The van der Waals surface area contributed by atoms with Crippen LogP contribution in [0.5, 0.6) is 0 Å². The summed E-state index contributed by atoms with van der Waals surface area (Å²) < 4.78 is 5.37. The zero-order valence-corrected chi connectivity index (χ0v) is 8.39. The van der Waals surface area contributed by atoms with Crippen LogP contribution in [-0.4, -0.2) is 5.54 Å². The van der Waals surface area contributed by atoms with Crippen molar-refractivity contribution in [1.82, 2.24) is 5.32 Å². The maximum atomic E-state index is 5.37. The highest BCUT2D eigenvalue weighted by Gasteiger charge is 2.30. The Kier molecular flexibility index (Phi) is 2.16. The normalized spacial score (nSPS) is 19.8. The molecule has 0 atom stereocenters. The van der Waals surface area contributed by atoms with Gasteiger partial charge in [0.1, 0.15) is 5.76 Å². The van der Waals surface area contributed by atoms with E-state index in [1.807, 2.05) is 6.07 Å². The Bertz CT molecular complexity index is 286. The van der Waals surface area contributed by atoms with Gasteiger partial charge in [-0.15, -0.1) is 0 Å². The first kappa shape index (κ1) is 8.82. The van der Waals surface area contributed by atoms with Crippen molar-refractivity contribution in [3.8, 4) is 0 Å². The zero-order valence-electron chi connectivity index (χ0n) is 8.39. The summed E-state index contributed by atoms with van der Waals surface area (Å²) in [4.78, 5) is 0. The molecule has 2 nitrogen and oxygen atoms in total.